The van der Waals surface area contributed by atoms with Crippen LogP contribution in [0.3, 0.4) is 0 Å². The maximum Gasteiger partial charge on any atom is 0.269 e. The molecule has 0 aliphatic heterocycles. The van der Waals surface area contributed by atoms with Crippen LogP contribution in [0.25, 0.3) is 11.2 Å². The van der Waals surface area contributed by atoms with E-state index in [1.807, 2.05) is 35.0 Å². The molecule has 4 heterocycles. The molecular formula is C20H22N8O2. The summed E-state index contributed by atoms with van der Waals surface area (Å²) in [5.41, 5.74) is 9.45. The Hall–Kier alpha value is -4.05. The molecule has 0 bridgehead atoms. The number of aromatic hydroxyl groups is 1. The van der Waals surface area contributed by atoms with E-state index < -0.39 is 5.91 Å². The summed E-state index contributed by atoms with van der Waals surface area (Å²) in [6.07, 6.45) is 8.45. The number of aromatic nitrogens is 4. The Balaban J connectivity index is 1.40. The quantitative estimate of drug-likeness (QED) is 0.211. The van der Waals surface area contributed by atoms with E-state index in [4.69, 9.17) is 11.6 Å². The molecule has 4 aromatic rings. The summed E-state index contributed by atoms with van der Waals surface area (Å²) in [4.78, 5) is 21.1. The van der Waals surface area contributed by atoms with Crippen LogP contribution in [-0.4, -0.2) is 34.8 Å². The van der Waals surface area contributed by atoms with Gasteiger partial charge in [0.25, 0.3) is 5.91 Å². The highest BCUT2D eigenvalue weighted by Crippen LogP contribution is 2.23. The average molecular weight is 406 g/mol. The molecule has 0 aliphatic rings. The SMILES string of the molecule is Cc1c(O)ccn2cnc(CNC(=O)/C(N)=C/N(N)Cc3cn4ccccc4n3)c12. The van der Waals surface area contributed by atoms with E-state index >= 15 is 0 Å². The smallest absolute Gasteiger partial charge is 0.269 e. The van der Waals surface area contributed by atoms with Gasteiger partial charge in [-0.2, -0.15) is 0 Å². The number of nitrogens with zero attached hydrogens (tertiary/aromatic N) is 5. The number of fused-ring (bicyclic) bond motifs is 2. The average Bonchev–Trinajstić information content (AvgIpc) is 3.32. The van der Waals surface area contributed by atoms with Crippen LogP contribution in [0, 0.1) is 6.92 Å². The molecule has 4 rings (SSSR count). The molecule has 0 unspecified atom stereocenters. The van der Waals surface area contributed by atoms with Crippen molar-refractivity contribution in [3.63, 3.8) is 0 Å². The van der Waals surface area contributed by atoms with E-state index in [2.05, 4.69) is 15.3 Å². The lowest BCUT2D eigenvalue weighted by Gasteiger charge is -2.13. The van der Waals surface area contributed by atoms with Gasteiger partial charge in [-0.3, -0.25) is 4.79 Å². The zero-order chi connectivity index (χ0) is 21.3. The molecule has 0 aromatic carbocycles. The van der Waals surface area contributed by atoms with Gasteiger partial charge in [0.05, 0.1) is 36.3 Å². The topological polar surface area (TPSA) is 139 Å². The fourth-order valence-corrected chi connectivity index (χ4v) is 3.25. The van der Waals surface area contributed by atoms with E-state index in [-0.39, 0.29) is 18.0 Å². The summed E-state index contributed by atoms with van der Waals surface area (Å²) < 4.78 is 3.67. The molecule has 0 saturated heterocycles. The van der Waals surface area contributed by atoms with Gasteiger partial charge in [-0.1, -0.05) is 6.07 Å². The highest BCUT2D eigenvalue weighted by Gasteiger charge is 2.13. The molecule has 6 N–H and O–H groups in total. The summed E-state index contributed by atoms with van der Waals surface area (Å²) in [6.45, 7) is 2.24. The van der Waals surface area contributed by atoms with Crippen LogP contribution >= 0.6 is 0 Å². The van der Waals surface area contributed by atoms with E-state index in [1.54, 1.807) is 29.9 Å². The van der Waals surface area contributed by atoms with Gasteiger partial charge < -0.3 is 30.0 Å². The van der Waals surface area contributed by atoms with Crippen LogP contribution in [-0.2, 0) is 17.9 Å². The second kappa shape index (κ2) is 7.76. The number of hydrogen-bond donors (Lipinski definition) is 4. The Bertz CT molecular complexity index is 1220. The highest BCUT2D eigenvalue weighted by atomic mass is 16.3. The van der Waals surface area contributed by atoms with E-state index in [9.17, 15) is 9.90 Å². The van der Waals surface area contributed by atoms with Crippen molar-refractivity contribution in [1.82, 2.24) is 29.1 Å². The number of hydrogen-bond acceptors (Lipinski definition) is 7. The van der Waals surface area contributed by atoms with Gasteiger partial charge in [-0.05, 0) is 25.1 Å². The number of imidazole rings is 2. The van der Waals surface area contributed by atoms with Crippen molar-refractivity contribution in [3.05, 3.63) is 78.0 Å². The molecular weight excluding hydrogens is 384 g/mol. The first-order valence-electron chi connectivity index (χ1n) is 9.26. The molecule has 1 amide bonds. The minimum absolute atomic E-state index is 0.0376. The molecule has 4 aromatic heterocycles. The number of carbonyl (C=O) groups excluding carboxylic acids is 1. The van der Waals surface area contributed by atoms with Crippen molar-refractivity contribution in [1.29, 1.82) is 0 Å². The molecule has 0 aliphatic carbocycles. The molecule has 0 saturated carbocycles. The van der Waals surface area contributed by atoms with Crippen LogP contribution < -0.4 is 16.9 Å². The highest BCUT2D eigenvalue weighted by molar-refractivity contribution is 5.92. The first kappa shape index (κ1) is 19.3. The zero-order valence-corrected chi connectivity index (χ0v) is 16.4. The summed E-state index contributed by atoms with van der Waals surface area (Å²) >= 11 is 0. The van der Waals surface area contributed by atoms with Crippen molar-refractivity contribution in [2.24, 2.45) is 11.6 Å². The van der Waals surface area contributed by atoms with Gasteiger partial charge in [0.2, 0.25) is 0 Å². The van der Waals surface area contributed by atoms with Crippen LogP contribution in [0.15, 0.2) is 61.1 Å². The van der Waals surface area contributed by atoms with Gasteiger partial charge in [0, 0.05) is 30.4 Å². The lowest BCUT2D eigenvalue weighted by molar-refractivity contribution is -0.117. The molecule has 0 fully saturated rings. The van der Waals surface area contributed by atoms with Crippen molar-refractivity contribution < 1.29 is 9.90 Å². The van der Waals surface area contributed by atoms with Crippen molar-refractivity contribution in [2.75, 3.05) is 0 Å². The van der Waals surface area contributed by atoms with E-state index in [0.717, 1.165) is 16.9 Å². The minimum Gasteiger partial charge on any atom is -0.508 e. The normalized spacial score (nSPS) is 11.9. The maximum absolute atomic E-state index is 12.4. The van der Waals surface area contributed by atoms with Gasteiger partial charge in [0.1, 0.15) is 17.1 Å². The number of carbonyl (C=O) groups is 1. The zero-order valence-electron chi connectivity index (χ0n) is 16.4. The van der Waals surface area contributed by atoms with Crippen LogP contribution in [0.2, 0.25) is 0 Å². The summed E-state index contributed by atoms with van der Waals surface area (Å²) in [5, 5.41) is 13.9. The molecule has 0 spiro atoms. The van der Waals surface area contributed by atoms with Gasteiger partial charge >= 0.3 is 0 Å². The second-order valence-electron chi connectivity index (χ2n) is 6.91. The van der Waals surface area contributed by atoms with Gasteiger partial charge in [-0.15, -0.1) is 0 Å². The Morgan fingerprint density at radius 3 is 2.93 bits per heavy atom. The number of rotatable bonds is 6. The van der Waals surface area contributed by atoms with Crippen molar-refractivity contribution in [3.8, 4) is 5.75 Å². The van der Waals surface area contributed by atoms with Gasteiger partial charge in [-0.25, -0.2) is 15.8 Å². The van der Waals surface area contributed by atoms with E-state index in [1.165, 1.54) is 11.2 Å². The predicted octanol–water partition coefficient (Wildman–Crippen LogP) is 0.788. The number of aryl methyl sites for hydroxylation is 1. The minimum atomic E-state index is -0.473. The number of hydrazine groups is 1. The Morgan fingerprint density at radius 1 is 1.30 bits per heavy atom. The molecule has 0 atom stereocenters. The second-order valence-corrected chi connectivity index (χ2v) is 6.91. The molecule has 10 nitrogen and oxygen atoms in total. The summed E-state index contributed by atoms with van der Waals surface area (Å²) in [6, 6.07) is 7.29. The molecule has 30 heavy (non-hydrogen) atoms. The first-order chi connectivity index (χ1) is 14.4. The fraction of sp³-hybridized carbons (Fsp3) is 0.150. The van der Waals surface area contributed by atoms with Crippen LogP contribution in [0.1, 0.15) is 17.0 Å². The Kier molecular flexibility index (Phi) is 4.98. The fourth-order valence-electron chi connectivity index (χ4n) is 3.25. The van der Waals surface area contributed by atoms with E-state index in [0.29, 0.717) is 17.8 Å². The number of nitrogens with two attached hydrogens (primary N) is 2. The Labute approximate surface area is 172 Å². The largest absolute Gasteiger partial charge is 0.508 e. The third kappa shape index (κ3) is 3.76. The number of amides is 1. The predicted molar refractivity (Wildman–Crippen MR) is 111 cm³/mol. The number of nitrogens with one attached hydrogen (secondary N) is 1. The van der Waals surface area contributed by atoms with Crippen LogP contribution in [0.5, 0.6) is 5.75 Å². The molecule has 10 heteroatoms. The summed E-state index contributed by atoms with van der Waals surface area (Å²) in [7, 11) is 0. The van der Waals surface area contributed by atoms with Crippen LogP contribution in [0.4, 0.5) is 0 Å². The lowest BCUT2D eigenvalue weighted by atomic mass is 10.2. The maximum atomic E-state index is 12.4. The van der Waals surface area contributed by atoms with Crippen molar-refractivity contribution in [2.45, 2.75) is 20.0 Å². The molecule has 154 valence electrons. The standard InChI is InChI=1S/C20H22N8O2/c1-13-17(29)5-7-27-12-24-16(19(13)27)8-23-20(30)15(21)11-28(22)10-14-9-26-6-3-2-4-18(26)25-14/h2-7,9,11-12,29H,8,10,21-22H2,1H3,(H,23,30)/b15-11-. The monoisotopic (exact) mass is 406 g/mol. The third-order valence-electron chi connectivity index (χ3n) is 4.74. The van der Waals surface area contributed by atoms with Crippen molar-refractivity contribution >= 4 is 17.1 Å². The third-order valence-corrected chi connectivity index (χ3v) is 4.74. The lowest BCUT2D eigenvalue weighted by Crippen LogP contribution is -2.32. The summed E-state index contributed by atoms with van der Waals surface area (Å²) in [5.74, 6) is 5.67. The van der Waals surface area contributed by atoms with Gasteiger partial charge in [0.15, 0.2) is 0 Å². The molecule has 0 radical (unpaired) electrons. The Morgan fingerprint density at radius 2 is 2.13 bits per heavy atom. The first-order valence-corrected chi connectivity index (χ1v) is 9.26. The number of pyridine rings is 2.